The van der Waals surface area contributed by atoms with Crippen LogP contribution in [0.2, 0.25) is 0 Å². The lowest BCUT2D eigenvalue weighted by Gasteiger charge is -2.06. The second-order valence-electron chi connectivity index (χ2n) is 5.34. The highest BCUT2D eigenvalue weighted by molar-refractivity contribution is 7.98. The molecule has 0 aliphatic carbocycles. The molecule has 0 amide bonds. The summed E-state index contributed by atoms with van der Waals surface area (Å²) in [6, 6.07) is 31.4. The fourth-order valence-corrected chi connectivity index (χ4v) is 3.60. The molecule has 0 aromatic heterocycles. The minimum absolute atomic E-state index is 0.983. The SMILES string of the molecule is [c]1c(SCc2ccccc2)ccc2c1ccc1ccccc12. The van der Waals surface area contributed by atoms with Gasteiger partial charge in [-0.1, -0.05) is 72.8 Å². The molecule has 0 fully saturated rings. The van der Waals surface area contributed by atoms with Gasteiger partial charge in [0, 0.05) is 16.7 Å². The van der Waals surface area contributed by atoms with E-state index in [9.17, 15) is 0 Å². The lowest BCUT2D eigenvalue weighted by Crippen LogP contribution is -1.82. The van der Waals surface area contributed by atoms with E-state index in [1.807, 2.05) is 11.8 Å². The molecule has 105 valence electrons. The highest BCUT2D eigenvalue weighted by atomic mass is 32.2. The second kappa shape index (κ2) is 5.86. The van der Waals surface area contributed by atoms with E-state index in [0.29, 0.717) is 0 Å². The van der Waals surface area contributed by atoms with Gasteiger partial charge in [0.25, 0.3) is 0 Å². The average molecular weight is 299 g/mol. The van der Waals surface area contributed by atoms with E-state index in [1.54, 1.807) is 0 Å². The van der Waals surface area contributed by atoms with Crippen molar-refractivity contribution in [2.45, 2.75) is 10.6 Å². The molecular formula is C21H15S. The highest BCUT2D eigenvalue weighted by Gasteiger charge is 2.03. The van der Waals surface area contributed by atoms with E-state index < -0.39 is 0 Å². The van der Waals surface area contributed by atoms with Gasteiger partial charge in [0.15, 0.2) is 0 Å². The summed E-state index contributed by atoms with van der Waals surface area (Å²) < 4.78 is 0. The average Bonchev–Trinajstić information content (AvgIpc) is 2.60. The first-order valence-electron chi connectivity index (χ1n) is 7.41. The molecule has 4 aromatic rings. The van der Waals surface area contributed by atoms with Gasteiger partial charge in [0.1, 0.15) is 0 Å². The van der Waals surface area contributed by atoms with E-state index in [1.165, 1.54) is 32.0 Å². The first-order valence-corrected chi connectivity index (χ1v) is 8.39. The van der Waals surface area contributed by atoms with Crippen LogP contribution < -0.4 is 0 Å². The number of thioether (sulfide) groups is 1. The van der Waals surface area contributed by atoms with Crippen LogP contribution in [0.5, 0.6) is 0 Å². The molecule has 1 radical (unpaired) electrons. The minimum Gasteiger partial charge on any atom is -0.121 e. The molecule has 0 spiro atoms. The molecule has 4 rings (SSSR count). The van der Waals surface area contributed by atoms with Gasteiger partial charge in [-0.3, -0.25) is 0 Å². The topological polar surface area (TPSA) is 0 Å². The first kappa shape index (κ1) is 13.4. The summed E-state index contributed by atoms with van der Waals surface area (Å²) in [5.41, 5.74) is 1.35. The van der Waals surface area contributed by atoms with E-state index >= 15 is 0 Å². The molecule has 0 saturated carbocycles. The molecule has 0 saturated heterocycles. The zero-order chi connectivity index (χ0) is 14.8. The zero-order valence-corrected chi connectivity index (χ0v) is 12.9. The Labute approximate surface area is 134 Å². The standard InChI is InChI=1S/C21H15S/c1-2-6-16(7-3-1)15-22-19-12-13-21-18(14-19)11-10-17-8-4-5-9-20(17)21/h1-13H,15H2. The van der Waals surface area contributed by atoms with Crippen molar-refractivity contribution in [1.82, 2.24) is 0 Å². The molecule has 0 aliphatic rings. The molecule has 0 N–H and O–H groups in total. The van der Waals surface area contributed by atoms with Crippen LogP contribution >= 0.6 is 11.8 Å². The van der Waals surface area contributed by atoms with Gasteiger partial charge in [0.2, 0.25) is 0 Å². The molecule has 1 heteroatoms. The Balaban J connectivity index is 1.67. The maximum Gasteiger partial charge on any atom is 0.0232 e. The first-order chi connectivity index (χ1) is 10.9. The Morgan fingerprint density at radius 2 is 1.50 bits per heavy atom. The summed E-state index contributed by atoms with van der Waals surface area (Å²) in [6.07, 6.45) is 0. The van der Waals surface area contributed by atoms with Crippen LogP contribution in [-0.2, 0) is 5.75 Å². The maximum absolute atomic E-state index is 3.55. The van der Waals surface area contributed by atoms with Gasteiger partial charge in [0.05, 0.1) is 0 Å². The van der Waals surface area contributed by atoms with Crippen LogP contribution in [0.25, 0.3) is 21.5 Å². The van der Waals surface area contributed by atoms with Crippen molar-refractivity contribution < 1.29 is 0 Å². The van der Waals surface area contributed by atoms with E-state index in [-0.39, 0.29) is 0 Å². The van der Waals surface area contributed by atoms with Crippen molar-refractivity contribution in [3.8, 4) is 0 Å². The fraction of sp³-hybridized carbons (Fsp3) is 0.0476. The molecule has 4 aromatic carbocycles. The van der Waals surface area contributed by atoms with Crippen LogP contribution in [0.4, 0.5) is 0 Å². The molecule has 22 heavy (non-hydrogen) atoms. The molecule has 0 nitrogen and oxygen atoms in total. The summed E-state index contributed by atoms with van der Waals surface area (Å²) in [4.78, 5) is 1.20. The molecule has 0 heterocycles. The number of rotatable bonds is 3. The monoisotopic (exact) mass is 299 g/mol. The highest BCUT2D eigenvalue weighted by Crippen LogP contribution is 2.30. The van der Waals surface area contributed by atoms with Crippen LogP contribution in [0.1, 0.15) is 5.56 Å². The molecule has 0 bridgehead atoms. The fourth-order valence-electron chi connectivity index (χ4n) is 2.74. The summed E-state index contributed by atoms with van der Waals surface area (Å²) in [5, 5.41) is 5.06. The Morgan fingerprint density at radius 1 is 0.682 bits per heavy atom. The minimum atomic E-state index is 0.983. The Hall–Kier alpha value is -2.25. The molecule has 0 atom stereocenters. The normalized spacial score (nSPS) is 11.1. The van der Waals surface area contributed by atoms with E-state index in [2.05, 4.69) is 84.9 Å². The predicted octanol–water partition coefficient (Wildman–Crippen LogP) is 6.09. The van der Waals surface area contributed by atoms with Crippen LogP contribution in [0.15, 0.2) is 83.8 Å². The van der Waals surface area contributed by atoms with Crippen LogP contribution in [-0.4, -0.2) is 0 Å². The largest absolute Gasteiger partial charge is 0.121 e. The zero-order valence-electron chi connectivity index (χ0n) is 12.1. The van der Waals surface area contributed by atoms with Gasteiger partial charge in [-0.05, 0) is 33.2 Å². The van der Waals surface area contributed by atoms with Crippen LogP contribution in [0, 0.1) is 6.07 Å². The molecule has 0 unspecified atom stereocenters. The summed E-state index contributed by atoms with van der Waals surface area (Å²) in [7, 11) is 0. The number of fused-ring (bicyclic) bond motifs is 3. The third-order valence-corrected chi connectivity index (χ3v) is 4.89. The second-order valence-corrected chi connectivity index (χ2v) is 6.36. The Morgan fingerprint density at radius 3 is 2.41 bits per heavy atom. The van der Waals surface area contributed by atoms with Gasteiger partial charge in [-0.2, -0.15) is 0 Å². The van der Waals surface area contributed by atoms with Gasteiger partial charge in [-0.25, -0.2) is 0 Å². The van der Waals surface area contributed by atoms with Gasteiger partial charge >= 0.3 is 0 Å². The number of benzene rings is 4. The van der Waals surface area contributed by atoms with Gasteiger partial charge < -0.3 is 0 Å². The summed E-state index contributed by atoms with van der Waals surface area (Å²) in [6.45, 7) is 0. The molecule has 0 aliphatic heterocycles. The summed E-state index contributed by atoms with van der Waals surface area (Å²) in [5.74, 6) is 0.983. The smallest absolute Gasteiger partial charge is 0.0232 e. The number of hydrogen-bond donors (Lipinski definition) is 0. The lowest BCUT2D eigenvalue weighted by atomic mass is 10.0. The van der Waals surface area contributed by atoms with Crippen molar-refractivity contribution in [3.05, 3.63) is 90.5 Å². The van der Waals surface area contributed by atoms with Crippen molar-refractivity contribution in [3.63, 3.8) is 0 Å². The van der Waals surface area contributed by atoms with Crippen molar-refractivity contribution in [1.29, 1.82) is 0 Å². The van der Waals surface area contributed by atoms with Crippen molar-refractivity contribution in [2.75, 3.05) is 0 Å². The lowest BCUT2D eigenvalue weighted by molar-refractivity contribution is 1.39. The van der Waals surface area contributed by atoms with Crippen molar-refractivity contribution in [2.24, 2.45) is 0 Å². The quantitative estimate of drug-likeness (QED) is 0.326. The third kappa shape index (κ3) is 2.60. The predicted molar refractivity (Wildman–Crippen MR) is 96.3 cm³/mol. The summed E-state index contributed by atoms with van der Waals surface area (Å²) >= 11 is 1.84. The number of hydrogen-bond acceptors (Lipinski definition) is 1. The Kier molecular flexibility index (Phi) is 3.57. The molecular weight excluding hydrogens is 284 g/mol. The van der Waals surface area contributed by atoms with Crippen molar-refractivity contribution >= 4 is 33.3 Å². The Bertz CT molecular complexity index is 926. The van der Waals surface area contributed by atoms with E-state index in [4.69, 9.17) is 0 Å². The maximum atomic E-state index is 3.55. The van der Waals surface area contributed by atoms with Gasteiger partial charge in [-0.15, -0.1) is 11.8 Å². The van der Waals surface area contributed by atoms with E-state index in [0.717, 1.165) is 5.75 Å². The third-order valence-electron chi connectivity index (χ3n) is 3.87. The van der Waals surface area contributed by atoms with Crippen LogP contribution in [0.3, 0.4) is 0 Å².